The molecule has 1 rings (SSSR count). The van der Waals surface area contributed by atoms with E-state index < -0.39 is 0 Å². The van der Waals surface area contributed by atoms with Gasteiger partial charge < -0.3 is 0 Å². The van der Waals surface area contributed by atoms with E-state index in [1.54, 1.807) is 6.07 Å². The lowest BCUT2D eigenvalue weighted by Gasteiger charge is -1.91. The summed E-state index contributed by atoms with van der Waals surface area (Å²) in [5.41, 5.74) is 0. The van der Waals surface area contributed by atoms with Crippen LogP contribution in [0.3, 0.4) is 0 Å². The summed E-state index contributed by atoms with van der Waals surface area (Å²) in [4.78, 5) is 3.91. The number of hydrogen-bond donors (Lipinski definition) is 0. The van der Waals surface area contributed by atoms with Crippen molar-refractivity contribution in [1.82, 2.24) is 4.98 Å². The Kier molecular flexibility index (Phi) is 2.73. The Morgan fingerprint density at radius 2 is 2.22 bits per heavy atom. The maximum Gasteiger partial charge on any atom is 0.131 e. The van der Waals surface area contributed by atoms with Gasteiger partial charge in [-0.1, -0.05) is 11.6 Å². The second-order valence-electron chi connectivity index (χ2n) is 1.43. The van der Waals surface area contributed by atoms with Crippen LogP contribution >= 0.6 is 50.1 Å². The van der Waals surface area contributed by atoms with E-state index in [9.17, 15) is 0 Å². The first kappa shape index (κ1) is 7.75. The molecule has 0 aromatic carbocycles. The molecule has 0 radical (unpaired) electrons. The van der Waals surface area contributed by atoms with Crippen LogP contribution in [0.4, 0.5) is 0 Å². The maximum absolute atomic E-state index is 5.60. The first-order chi connectivity index (χ1) is 4.18. The molecule has 0 amide bonds. The highest BCUT2D eigenvalue weighted by Crippen LogP contribution is 2.15. The highest BCUT2D eigenvalue weighted by atomic mass is 127. The van der Waals surface area contributed by atoms with E-state index in [1.165, 1.54) is 0 Å². The Hall–Kier alpha value is 0.650. The van der Waals surface area contributed by atoms with Crippen LogP contribution in [0.1, 0.15) is 0 Å². The summed E-state index contributed by atoms with van der Waals surface area (Å²) in [6.45, 7) is 0. The zero-order valence-corrected chi connectivity index (χ0v) is 8.74. The van der Waals surface area contributed by atoms with Crippen molar-refractivity contribution < 1.29 is 0 Å². The number of aromatic nitrogens is 1. The Balaban J connectivity index is 3.17. The number of hydrogen-bond acceptors (Lipinski definition) is 1. The van der Waals surface area contributed by atoms with Gasteiger partial charge in [0.05, 0.1) is 0 Å². The van der Waals surface area contributed by atoms with Crippen LogP contribution < -0.4 is 0 Å². The molecule has 0 saturated heterocycles. The number of halogens is 3. The summed E-state index contributed by atoms with van der Waals surface area (Å²) < 4.78 is 1.86. The lowest BCUT2D eigenvalue weighted by molar-refractivity contribution is 1.26. The van der Waals surface area contributed by atoms with Gasteiger partial charge in [-0.25, -0.2) is 4.98 Å². The van der Waals surface area contributed by atoms with Gasteiger partial charge in [0.15, 0.2) is 0 Å². The Morgan fingerprint density at radius 3 is 2.67 bits per heavy atom. The molecule has 0 bridgehead atoms. The zero-order chi connectivity index (χ0) is 6.85. The average Bonchev–Trinajstić information content (AvgIpc) is 1.59. The Labute approximate surface area is 80.1 Å². The molecule has 0 aliphatic heterocycles. The van der Waals surface area contributed by atoms with Crippen molar-refractivity contribution in [2.45, 2.75) is 0 Å². The molecule has 0 N–H and O–H groups in total. The predicted octanol–water partition coefficient (Wildman–Crippen LogP) is 3.10. The highest BCUT2D eigenvalue weighted by molar-refractivity contribution is 14.1. The van der Waals surface area contributed by atoms with Gasteiger partial charge in [0, 0.05) is 3.57 Å². The van der Waals surface area contributed by atoms with Crippen molar-refractivity contribution in [2.75, 3.05) is 0 Å². The Bertz CT molecular complexity index is 178. The van der Waals surface area contributed by atoms with Crippen molar-refractivity contribution in [3.63, 3.8) is 0 Å². The third-order valence-corrected chi connectivity index (χ3v) is 1.95. The van der Waals surface area contributed by atoms with Crippen LogP contribution in [0.5, 0.6) is 0 Å². The van der Waals surface area contributed by atoms with E-state index >= 15 is 0 Å². The highest BCUT2D eigenvalue weighted by Gasteiger charge is 1.93. The fourth-order valence-corrected chi connectivity index (χ4v) is 2.39. The first-order valence-corrected chi connectivity index (χ1v) is 4.42. The van der Waals surface area contributed by atoms with Crippen molar-refractivity contribution in [1.29, 1.82) is 0 Å². The van der Waals surface area contributed by atoms with Crippen LogP contribution in [-0.2, 0) is 0 Å². The van der Waals surface area contributed by atoms with E-state index in [2.05, 4.69) is 43.5 Å². The standard InChI is InChI=1S/C5H2BrClIN/c6-4-1-3(8)2-5(7)9-4/h1-2H. The molecule has 0 spiro atoms. The van der Waals surface area contributed by atoms with Gasteiger partial charge in [-0.05, 0) is 50.7 Å². The summed E-state index contributed by atoms with van der Waals surface area (Å²) >= 11 is 11.0. The van der Waals surface area contributed by atoms with Gasteiger partial charge in [-0.2, -0.15) is 0 Å². The molecule has 1 heterocycles. The second kappa shape index (κ2) is 3.16. The van der Waals surface area contributed by atoms with Crippen molar-refractivity contribution in [3.8, 4) is 0 Å². The molecule has 0 fully saturated rings. The summed E-state index contributed by atoms with van der Waals surface area (Å²) in [6.07, 6.45) is 0. The monoisotopic (exact) mass is 317 g/mol. The molecule has 0 saturated carbocycles. The minimum Gasteiger partial charge on any atom is -0.229 e. The largest absolute Gasteiger partial charge is 0.229 e. The van der Waals surface area contributed by atoms with Gasteiger partial charge in [0.25, 0.3) is 0 Å². The molecule has 4 heteroatoms. The van der Waals surface area contributed by atoms with Crippen LogP contribution in [0.2, 0.25) is 5.15 Å². The zero-order valence-electron chi connectivity index (χ0n) is 4.24. The lowest BCUT2D eigenvalue weighted by Crippen LogP contribution is -1.77. The maximum atomic E-state index is 5.60. The molecule has 1 nitrogen and oxygen atoms in total. The summed E-state index contributed by atoms with van der Waals surface area (Å²) in [5, 5.41) is 0.522. The fraction of sp³-hybridized carbons (Fsp3) is 0. The van der Waals surface area contributed by atoms with Crippen molar-refractivity contribution in [2.24, 2.45) is 0 Å². The third kappa shape index (κ3) is 2.39. The molecule has 1 aromatic heterocycles. The van der Waals surface area contributed by atoms with Gasteiger partial charge >= 0.3 is 0 Å². The third-order valence-electron chi connectivity index (χ3n) is 0.728. The fourth-order valence-electron chi connectivity index (χ4n) is 0.436. The van der Waals surface area contributed by atoms with E-state index in [-0.39, 0.29) is 0 Å². The molecule has 0 unspecified atom stereocenters. The first-order valence-electron chi connectivity index (χ1n) is 2.17. The van der Waals surface area contributed by atoms with Gasteiger partial charge in [0.2, 0.25) is 0 Å². The Morgan fingerprint density at radius 1 is 1.56 bits per heavy atom. The molecule has 48 valence electrons. The minimum atomic E-state index is 0.522. The SMILES string of the molecule is Clc1cc(I)cc(Br)n1. The van der Waals surface area contributed by atoms with Crippen LogP contribution in [0.15, 0.2) is 16.7 Å². The number of rotatable bonds is 0. The predicted molar refractivity (Wildman–Crippen MR) is 49.7 cm³/mol. The van der Waals surface area contributed by atoms with E-state index in [4.69, 9.17) is 11.6 Å². The smallest absolute Gasteiger partial charge is 0.131 e. The summed E-state index contributed by atoms with van der Waals surface area (Å²) in [6, 6.07) is 3.69. The molecular formula is C5H2BrClIN. The molecule has 9 heavy (non-hydrogen) atoms. The molecule has 0 atom stereocenters. The number of nitrogens with zero attached hydrogens (tertiary/aromatic N) is 1. The lowest BCUT2D eigenvalue weighted by atomic mass is 10.5. The van der Waals surface area contributed by atoms with Crippen LogP contribution in [0.25, 0.3) is 0 Å². The minimum absolute atomic E-state index is 0.522. The molecular weight excluding hydrogens is 316 g/mol. The second-order valence-corrected chi connectivity index (χ2v) is 3.88. The van der Waals surface area contributed by atoms with E-state index in [0.29, 0.717) is 5.15 Å². The molecule has 0 aliphatic rings. The summed E-state index contributed by atoms with van der Waals surface area (Å²) in [7, 11) is 0. The van der Waals surface area contributed by atoms with E-state index in [0.717, 1.165) is 8.17 Å². The van der Waals surface area contributed by atoms with Gasteiger partial charge in [-0.15, -0.1) is 0 Å². The number of pyridine rings is 1. The summed E-state index contributed by atoms with van der Waals surface area (Å²) in [5.74, 6) is 0. The quantitative estimate of drug-likeness (QED) is 0.529. The van der Waals surface area contributed by atoms with Gasteiger partial charge in [0.1, 0.15) is 9.76 Å². The van der Waals surface area contributed by atoms with Crippen molar-refractivity contribution in [3.05, 3.63) is 25.5 Å². The molecule has 1 aromatic rings. The average molecular weight is 318 g/mol. The normalized spacial score (nSPS) is 9.67. The topological polar surface area (TPSA) is 12.9 Å². The van der Waals surface area contributed by atoms with Gasteiger partial charge in [-0.3, -0.25) is 0 Å². The molecule has 0 aliphatic carbocycles. The van der Waals surface area contributed by atoms with E-state index in [1.807, 2.05) is 6.07 Å². The van der Waals surface area contributed by atoms with Crippen molar-refractivity contribution >= 4 is 50.1 Å². The van der Waals surface area contributed by atoms with Crippen LogP contribution in [0, 0.1) is 3.57 Å². The van der Waals surface area contributed by atoms with Crippen LogP contribution in [-0.4, -0.2) is 4.98 Å².